The number of aromatic nitrogens is 1. The average molecular weight is 384 g/mol. The molecule has 1 atom stereocenters. The second-order valence-corrected chi connectivity index (χ2v) is 6.94. The fourth-order valence-electron chi connectivity index (χ4n) is 3.57. The van der Waals surface area contributed by atoms with Gasteiger partial charge in [-0.05, 0) is 36.6 Å². The number of rotatable bonds is 6. The molecule has 1 aromatic carbocycles. The maximum atomic E-state index is 14.3. The highest BCUT2D eigenvalue weighted by molar-refractivity contribution is 6.04. The first kappa shape index (κ1) is 18.4. The maximum Gasteiger partial charge on any atom is 0.268 e. The van der Waals surface area contributed by atoms with Crippen LogP contribution in [0.15, 0.2) is 30.5 Å². The van der Waals surface area contributed by atoms with Gasteiger partial charge in [0, 0.05) is 36.7 Å². The molecule has 0 radical (unpaired) electrons. The summed E-state index contributed by atoms with van der Waals surface area (Å²) >= 11 is 0. The van der Waals surface area contributed by atoms with Crippen molar-refractivity contribution >= 4 is 17.4 Å². The monoisotopic (exact) mass is 384 g/mol. The van der Waals surface area contributed by atoms with Crippen molar-refractivity contribution in [3.63, 3.8) is 0 Å². The number of fused-ring (bicyclic) bond motifs is 1. The molecule has 146 valence electrons. The average Bonchev–Trinajstić information content (AvgIpc) is 3.25. The van der Waals surface area contributed by atoms with Gasteiger partial charge in [0.25, 0.3) is 5.91 Å². The van der Waals surface area contributed by atoms with Crippen molar-refractivity contribution in [2.45, 2.75) is 38.7 Å². The lowest BCUT2D eigenvalue weighted by atomic mass is 10.1. The fraction of sp³-hybridized carbons (Fsp3) is 0.381. The summed E-state index contributed by atoms with van der Waals surface area (Å²) in [6, 6.07) is 6.36. The zero-order valence-corrected chi connectivity index (χ0v) is 15.6. The van der Waals surface area contributed by atoms with Crippen LogP contribution in [0, 0.1) is 5.82 Å². The lowest BCUT2D eigenvalue weighted by Crippen LogP contribution is -2.32. The molecule has 0 saturated carbocycles. The molecule has 1 fully saturated rings. The molecule has 4 rings (SSSR count). The van der Waals surface area contributed by atoms with Crippen LogP contribution in [0.4, 0.5) is 10.1 Å². The van der Waals surface area contributed by atoms with E-state index in [-0.39, 0.29) is 11.7 Å². The Morgan fingerprint density at radius 3 is 2.86 bits per heavy atom. The van der Waals surface area contributed by atoms with Gasteiger partial charge in [-0.25, -0.2) is 9.37 Å². The number of benzene rings is 1. The van der Waals surface area contributed by atoms with E-state index in [1.54, 1.807) is 18.2 Å². The summed E-state index contributed by atoms with van der Waals surface area (Å²) < 4.78 is 25.5. The molecule has 2 aliphatic rings. The molecule has 1 aromatic heterocycles. The van der Waals surface area contributed by atoms with Crippen molar-refractivity contribution < 1.29 is 23.5 Å². The molecule has 1 aliphatic carbocycles. The Kier molecular flexibility index (Phi) is 4.98. The molecule has 0 spiro atoms. The van der Waals surface area contributed by atoms with Crippen molar-refractivity contribution in [2.24, 2.45) is 0 Å². The molecule has 7 heteroatoms. The van der Waals surface area contributed by atoms with Crippen molar-refractivity contribution in [3.8, 4) is 11.6 Å². The third kappa shape index (κ3) is 3.44. The number of pyridine rings is 1. The van der Waals surface area contributed by atoms with E-state index >= 15 is 0 Å². The van der Waals surface area contributed by atoms with E-state index in [0.29, 0.717) is 60.9 Å². The number of Topliss-reactive ketones (excluding diaryl/α,β-unsaturated/α-hetero) is 1. The minimum absolute atomic E-state index is 0.0772. The van der Waals surface area contributed by atoms with Crippen LogP contribution < -0.4 is 14.4 Å². The third-order valence-corrected chi connectivity index (χ3v) is 4.99. The highest BCUT2D eigenvalue weighted by Gasteiger charge is 2.36. The Morgan fingerprint density at radius 1 is 1.25 bits per heavy atom. The van der Waals surface area contributed by atoms with Gasteiger partial charge < -0.3 is 14.4 Å². The molecule has 0 unspecified atom stereocenters. The molecule has 1 saturated heterocycles. The second kappa shape index (κ2) is 7.58. The van der Waals surface area contributed by atoms with Crippen molar-refractivity contribution in [3.05, 3.63) is 47.4 Å². The summed E-state index contributed by atoms with van der Waals surface area (Å²) in [5, 5.41) is 0. The summed E-state index contributed by atoms with van der Waals surface area (Å²) in [4.78, 5) is 30.4. The number of amides is 1. The molecule has 6 nitrogen and oxygen atoms in total. The highest BCUT2D eigenvalue weighted by Crippen LogP contribution is 2.32. The summed E-state index contributed by atoms with van der Waals surface area (Å²) in [5.74, 6) is 0.219. The first-order valence-electron chi connectivity index (χ1n) is 9.49. The lowest BCUT2D eigenvalue weighted by Gasteiger charge is -2.18. The van der Waals surface area contributed by atoms with Gasteiger partial charge in [-0.15, -0.1) is 0 Å². The zero-order chi connectivity index (χ0) is 19.7. The normalized spacial score (nSPS) is 18.5. The van der Waals surface area contributed by atoms with Crippen LogP contribution in [0.25, 0.3) is 0 Å². The van der Waals surface area contributed by atoms with Crippen molar-refractivity contribution in [2.75, 3.05) is 18.1 Å². The first-order chi connectivity index (χ1) is 13.6. The van der Waals surface area contributed by atoms with Crippen LogP contribution in [0.2, 0.25) is 0 Å². The molecule has 1 amide bonds. The van der Waals surface area contributed by atoms with Gasteiger partial charge in [-0.2, -0.15) is 0 Å². The predicted molar refractivity (Wildman–Crippen MR) is 100 cm³/mol. The maximum absolute atomic E-state index is 14.3. The molecule has 0 N–H and O–H groups in total. The third-order valence-electron chi connectivity index (χ3n) is 4.99. The van der Waals surface area contributed by atoms with Gasteiger partial charge in [0.15, 0.2) is 11.9 Å². The van der Waals surface area contributed by atoms with Crippen LogP contribution in [0.5, 0.6) is 11.6 Å². The molecular formula is C21H21FN2O4. The van der Waals surface area contributed by atoms with Gasteiger partial charge in [-0.3, -0.25) is 9.59 Å². The second-order valence-electron chi connectivity index (χ2n) is 6.94. The van der Waals surface area contributed by atoms with Crippen LogP contribution >= 0.6 is 0 Å². The summed E-state index contributed by atoms with van der Waals surface area (Å²) in [5.41, 5.74) is 1.24. The van der Waals surface area contributed by atoms with Crippen LogP contribution in [0.3, 0.4) is 0 Å². The number of ketones is 1. The summed E-state index contributed by atoms with van der Waals surface area (Å²) in [6.07, 6.45) is 2.96. The molecule has 1 aliphatic heterocycles. The largest absolute Gasteiger partial charge is 0.479 e. The smallest absolute Gasteiger partial charge is 0.268 e. The van der Waals surface area contributed by atoms with Gasteiger partial charge in [0.1, 0.15) is 11.6 Å². The zero-order valence-electron chi connectivity index (χ0n) is 15.6. The number of hydrogen-bond acceptors (Lipinski definition) is 5. The topological polar surface area (TPSA) is 68.7 Å². The number of carbonyl (C=O) groups excluding carboxylic acids is 2. The van der Waals surface area contributed by atoms with Gasteiger partial charge >= 0.3 is 0 Å². The minimum Gasteiger partial charge on any atom is -0.479 e. The number of anilines is 1. The van der Waals surface area contributed by atoms with Crippen LogP contribution in [-0.2, 0) is 11.2 Å². The summed E-state index contributed by atoms with van der Waals surface area (Å²) in [6.45, 7) is 3.00. The molecule has 2 heterocycles. The molecule has 28 heavy (non-hydrogen) atoms. The van der Waals surface area contributed by atoms with E-state index in [4.69, 9.17) is 9.47 Å². The van der Waals surface area contributed by atoms with E-state index in [1.807, 2.05) is 6.92 Å². The van der Waals surface area contributed by atoms with E-state index in [0.717, 1.165) is 6.42 Å². The van der Waals surface area contributed by atoms with Gasteiger partial charge in [0.05, 0.1) is 12.8 Å². The fourth-order valence-corrected chi connectivity index (χ4v) is 3.57. The van der Waals surface area contributed by atoms with Crippen LogP contribution in [0.1, 0.15) is 42.1 Å². The van der Waals surface area contributed by atoms with Crippen molar-refractivity contribution in [1.29, 1.82) is 0 Å². The molecule has 0 bridgehead atoms. The lowest BCUT2D eigenvalue weighted by molar-refractivity contribution is -0.122. The van der Waals surface area contributed by atoms with Gasteiger partial charge in [-0.1, -0.05) is 6.92 Å². The Labute approximate surface area is 162 Å². The first-order valence-corrected chi connectivity index (χ1v) is 9.49. The Bertz CT molecular complexity index is 913. The standard InChI is InChI=1S/C21H21FN2O4/c1-2-9-27-20-6-3-14(12-23-20)28-19-7-8-24(21(19)26)13-10-16-15(17(22)11-13)4-5-18(16)25/h3,6,10-12,19H,2,4-5,7-9H2,1H3/t19-/m1/s1. The van der Waals surface area contributed by atoms with Gasteiger partial charge in [0.2, 0.25) is 5.88 Å². The van der Waals surface area contributed by atoms with E-state index in [1.165, 1.54) is 17.2 Å². The Balaban J connectivity index is 1.46. The number of halogens is 1. The van der Waals surface area contributed by atoms with Crippen LogP contribution in [-0.4, -0.2) is 35.9 Å². The Hall–Kier alpha value is -2.96. The quantitative estimate of drug-likeness (QED) is 0.764. The number of carbonyl (C=O) groups is 2. The predicted octanol–water partition coefficient (Wildman–Crippen LogP) is 3.32. The molecule has 2 aromatic rings. The Morgan fingerprint density at radius 2 is 2.11 bits per heavy atom. The van der Waals surface area contributed by atoms with E-state index < -0.39 is 11.9 Å². The van der Waals surface area contributed by atoms with E-state index in [9.17, 15) is 14.0 Å². The number of hydrogen-bond donors (Lipinski definition) is 0. The number of nitrogens with zero attached hydrogens (tertiary/aromatic N) is 2. The summed E-state index contributed by atoms with van der Waals surface area (Å²) in [7, 11) is 0. The SMILES string of the molecule is CCCOc1ccc(O[C@@H]2CCN(c3cc(F)c4c(c3)C(=O)CC4)C2=O)cn1. The van der Waals surface area contributed by atoms with Crippen molar-refractivity contribution in [1.82, 2.24) is 4.98 Å². The highest BCUT2D eigenvalue weighted by atomic mass is 19.1. The number of ether oxygens (including phenoxy) is 2. The minimum atomic E-state index is -0.670. The molecular weight excluding hydrogens is 363 g/mol. The van der Waals surface area contributed by atoms with E-state index in [2.05, 4.69) is 4.98 Å².